The maximum Gasteiger partial charge on any atom is 0.341 e. The van der Waals surface area contributed by atoms with E-state index in [0.29, 0.717) is 16.3 Å². The van der Waals surface area contributed by atoms with Gasteiger partial charge in [0.15, 0.2) is 0 Å². The Morgan fingerprint density at radius 1 is 1.00 bits per heavy atom. The minimum Gasteiger partial charge on any atom is -0.465 e. The molecule has 10 heteroatoms. The van der Waals surface area contributed by atoms with Gasteiger partial charge in [-0.15, -0.1) is 11.3 Å². The number of halogens is 3. The van der Waals surface area contributed by atoms with Crippen molar-refractivity contribution in [3.8, 4) is 0 Å². The van der Waals surface area contributed by atoms with Crippen LogP contribution in [-0.2, 0) is 16.0 Å². The molecule has 0 unspecified atom stereocenters. The van der Waals surface area contributed by atoms with Crippen LogP contribution in [0.3, 0.4) is 0 Å². The number of amides is 2. The summed E-state index contributed by atoms with van der Waals surface area (Å²) in [4.78, 5) is 38.1. The van der Waals surface area contributed by atoms with Crippen molar-refractivity contribution in [2.45, 2.75) is 13.3 Å². The number of hydrogen-bond donors (Lipinski definition) is 2. The largest absolute Gasteiger partial charge is 0.465 e. The van der Waals surface area contributed by atoms with Crippen LogP contribution in [0.2, 0.25) is 15.1 Å². The highest BCUT2D eigenvalue weighted by molar-refractivity contribution is 7.19. The van der Waals surface area contributed by atoms with Gasteiger partial charge in [0, 0.05) is 5.02 Å². The number of benzene rings is 2. The van der Waals surface area contributed by atoms with Gasteiger partial charge in [0.05, 0.1) is 39.7 Å². The zero-order valence-corrected chi connectivity index (χ0v) is 20.0. The lowest BCUT2D eigenvalue weighted by Crippen LogP contribution is -2.16. The Kier molecular flexibility index (Phi) is 7.79. The zero-order valence-electron chi connectivity index (χ0n) is 16.9. The molecule has 0 aliphatic heterocycles. The maximum atomic E-state index is 12.9. The van der Waals surface area contributed by atoms with Crippen LogP contribution in [0.1, 0.15) is 31.2 Å². The fourth-order valence-corrected chi connectivity index (χ4v) is 4.48. The van der Waals surface area contributed by atoms with Crippen LogP contribution in [0.4, 0.5) is 10.7 Å². The van der Waals surface area contributed by atoms with E-state index in [2.05, 4.69) is 10.6 Å². The predicted molar refractivity (Wildman–Crippen MR) is 129 cm³/mol. The smallest absolute Gasteiger partial charge is 0.341 e. The molecule has 0 atom stereocenters. The first-order valence-corrected chi connectivity index (χ1v) is 11.2. The topological polar surface area (TPSA) is 84.5 Å². The summed E-state index contributed by atoms with van der Waals surface area (Å²) in [6, 6.07) is 11.7. The van der Waals surface area contributed by atoms with Crippen molar-refractivity contribution in [1.29, 1.82) is 0 Å². The first-order valence-electron chi connectivity index (χ1n) is 9.22. The van der Waals surface area contributed by atoms with Crippen LogP contribution in [0.15, 0.2) is 42.5 Å². The van der Waals surface area contributed by atoms with Crippen molar-refractivity contribution in [2.75, 3.05) is 17.7 Å². The number of anilines is 2. The summed E-state index contributed by atoms with van der Waals surface area (Å²) < 4.78 is 4.85. The SMILES string of the molecule is COC(=O)c1c(NC(=O)Cc2ccc(Cl)cc2)sc(C(=O)Nc2cccc(Cl)c2Cl)c1C. The average molecular weight is 512 g/mol. The molecule has 1 heterocycles. The molecular weight excluding hydrogens is 495 g/mol. The molecule has 2 N–H and O–H groups in total. The summed E-state index contributed by atoms with van der Waals surface area (Å²) in [5, 5.41) is 6.65. The van der Waals surface area contributed by atoms with Crippen LogP contribution in [0.25, 0.3) is 0 Å². The molecule has 3 aromatic rings. The van der Waals surface area contributed by atoms with Crippen LogP contribution in [0.5, 0.6) is 0 Å². The number of thiophene rings is 1. The van der Waals surface area contributed by atoms with E-state index in [-0.39, 0.29) is 37.8 Å². The normalized spacial score (nSPS) is 10.5. The molecular formula is C22H17Cl3N2O4S. The van der Waals surface area contributed by atoms with Crippen molar-refractivity contribution in [3.05, 3.63) is 79.1 Å². The Bertz CT molecular complexity index is 1190. The highest BCUT2D eigenvalue weighted by Gasteiger charge is 2.26. The van der Waals surface area contributed by atoms with Crippen LogP contribution < -0.4 is 10.6 Å². The summed E-state index contributed by atoms with van der Waals surface area (Å²) in [6.07, 6.45) is 0.0639. The monoisotopic (exact) mass is 510 g/mol. The highest BCUT2D eigenvalue weighted by atomic mass is 35.5. The van der Waals surface area contributed by atoms with Crippen LogP contribution in [-0.4, -0.2) is 24.9 Å². The van der Waals surface area contributed by atoms with E-state index < -0.39 is 11.9 Å². The molecule has 0 spiro atoms. The van der Waals surface area contributed by atoms with Crippen molar-refractivity contribution in [3.63, 3.8) is 0 Å². The summed E-state index contributed by atoms with van der Waals surface area (Å²) in [5.41, 5.74) is 1.56. The molecule has 2 amide bonds. The molecule has 0 fully saturated rings. The minimum atomic E-state index is -0.666. The van der Waals surface area contributed by atoms with E-state index in [9.17, 15) is 14.4 Å². The Morgan fingerprint density at radius 3 is 2.34 bits per heavy atom. The summed E-state index contributed by atoms with van der Waals surface area (Å²) >= 11 is 19.0. The molecule has 0 bridgehead atoms. The maximum absolute atomic E-state index is 12.9. The molecule has 6 nitrogen and oxygen atoms in total. The first-order chi connectivity index (χ1) is 15.2. The predicted octanol–water partition coefficient (Wildman–Crippen LogP) is 6.24. The quantitative estimate of drug-likeness (QED) is 0.384. The second-order valence-corrected chi connectivity index (χ2v) is 8.90. The highest BCUT2D eigenvalue weighted by Crippen LogP contribution is 2.35. The zero-order chi connectivity index (χ0) is 23.4. The Balaban J connectivity index is 1.87. The lowest BCUT2D eigenvalue weighted by molar-refractivity contribution is -0.115. The lowest BCUT2D eigenvalue weighted by Gasteiger charge is -2.07. The number of rotatable bonds is 6. The van der Waals surface area contributed by atoms with Gasteiger partial charge in [0.25, 0.3) is 5.91 Å². The van der Waals surface area contributed by atoms with Crippen molar-refractivity contribution in [1.82, 2.24) is 0 Å². The Morgan fingerprint density at radius 2 is 1.69 bits per heavy atom. The molecule has 0 radical (unpaired) electrons. The van der Waals surface area contributed by atoms with Gasteiger partial charge in [0.1, 0.15) is 5.00 Å². The number of hydrogen-bond acceptors (Lipinski definition) is 5. The molecule has 1 aromatic heterocycles. The molecule has 32 heavy (non-hydrogen) atoms. The molecule has 166 valence electrons. The average Bonchev–Trinajstić information content (AvgIpc) is 3.08. The lowest BCUT2D eigenvalue weighted by atomic mass is 10.1. The number of carbonyl (C=O) groups is 3. The number of carbonyl (C=O) groups excluding carboxylic acids is 3. The van der Waals surface area contributed by atoms with Gasteiger partial charge in [-0.3, -0.25) is 9.59 Å². The third kappa shape index (κ3) is 5.42. The van der Waals surface area contributed by atoms with E-state index in [0.717, 1.165) is 16.9 Å². The number of esters is 1. The molecule has 3 rings (SSSR count). The summed E-state index contributed by atoms with van der Waals surface area (Å²) in [6.45, 7) is 1.60. The van der Waals surface area contributed by atoms with E-state index in [1.807, 2.05) is 0 Å². The fraction of sp³-hybridized carbons (Fsp3) is 0.136. The van der Waals surface area contributed by atoms with E-state index in [1.165, 1.54) is 7.11 Å². The third-order valence-electron chi connectivity index (χ3n) is 4.47. The van der Waals surface area contributed by atoms with E-state index in [1.54, 1.807) is 49.4 Å². The number of nitrogens with one attached hydrogen (secondary N) is 2. The first kappa shape index (κ1) is 24.1. The minimum absolute atomic E-state index is 0.0639. The van der Waals surface area contributed by atoms with Gasteiger partial charge in [-0.1, -0.05) is 53.0 Å². The molecule has 0 saturated heterocycles. The second-order valence-electron chi connectivity index (χ2n) is 6.66. The standard InChI is InChI=1S/C22H17Cl3N2O4S/c1-11-17(22(30)31-2)21(27-16(28)10-12-6-8-13(23)9-7-12)32-19(11)20(29)26-15-5-3-4-14(24)18(15)25/h3-9H,10H2,1-2H3,(H,26,29)(H,27,28). The van der Waals surface area contributed by atoms with Gasteiger partial charge < -0.3 is 15.4 Å². The van der Waals surface area contributed by atoms with Crippen molar-refractivity contribution < 1.29 is 19.1 Å². The number of ether oxygens (including phenoxy) is 1. The molecule has 0 aliphatic carbocycles. The second kappa shape index (κ2) is 10.4. The third-order valence-corrected chi connectivity index (χ3v) is 6.75. The summed E-state index contributed by atoms with van der Waals surface area (Å²) in [7, 11) is 1.23. The van der Waals surface area contributed by atoms with Gasteiger partial charge in [0.2, 0.25) is 5.91 Å². The van der Waals surface area contributed by atoms with Gasteiger partial charge in [-0.25, -0.2) is 4.79 Å². The van der Waals surface area contributed by atoms with E-state index in [4.69, 9.17) is 39.5 Å². The Hall–Kier alpha value is -2.58. The van der Waals surface area contributed by atoms with Crippen LogP contribution in [0, 0.1) is 6.92 Å². The van der Waals surface area contributed by atoms with Crippen molar-refractivity contribution >= 4 is 74.6 Å². The van der Waals surface area contributed by atoms with Gasteiger partial charge >= 0.3 is 5.97 Å². The van der Waals surface area contributed by atoms with E-state index >= 15 is 0 Å². The van der Waals surface area contributed by atoms with Crippen LogP contribution >= 0.6 is 46.1 Å². The Labute approximate surface area is 203 Å². The summed E-state index contributed by atoms with van der Waals surface area (Å²) in [5.74, 6) is -1.52. The molecule has 2 aromatic carbocycles. The van der Waals surface area contributed by atoms with Crippen molar-refractivity contribution in [2.24, 2.45) is 0 Å². The van der Waals surface area contributed by atoms with Gasteiger partial charge in [-0.2, -0.15) is 0 Å². The molecule has 0 aliphatic rings. The van der Waals surface area contributed by atoms with Gasteiger partial charge in [-0.05, 0) is 42.3 Å². The fourth-order valence-electron chi connectivity index (χ4n) is 2.90. The molecule has 0 saturated carbocycles. The number of methoxy groups -OCH3 is 1.